The summed E-state index contributed by atoms with van der Waals surface area (Å²) in [5.74, 6) is 1.98. The van der Waals surface area contributed by atoms with Gasteiger partial charge in [-0.1, -0.05) is 23.7 Å². The molecule has 0 saturated heterocycles. The molecule has 0 aliphatic heterocycles. The lowest BCUT2D eigenvalue weighted by Crippen LogP contribution is -2.04. The van der Waals surface area contributed by atoms with Crippen LogP contribution in [0.5, 0.6) is 11.5 Å². The highest BCUT2D eigenvalue weighted by Crippen LogP contribution is 2.32. The number of hydrogen-bond acceptors (Lipinski definition) is 6. The Morgan fingerprint density at radius 3 is 2.42 bits per heavy atom. The van der Waals surface area contributed by atoms with Crippen LogP contribution < -0.4 is 14.8 Å². The number of methoxy groups -OCH3 is 2. The molecule has 31 heavy (non-hydrogen) atoms. The van der Waals surface area contributed by atoms with Crippen LogP contribution >= 0.6 is 11.6 Å². The maximum Gasteiger partial charge on any atom is 0.156 e. The van der Waals surface area contributed by atoms with Gasteiger partial charge >= 0.3 is 0 Å². The zero-order valence-electron chi connectivity index (χ0n) is 17.0. The van der Waals surface area contributed by atoms with E-state index >= 15 is 0 Å². The summed E-state index contributed by atoms with van der Waals surface area (Å²) in [6, 6.07) is 20.9. The summed E-state index contributed by atoms with van der Waals surface area (Å²) in [6.07, 6.45) is 0. The van der Waals surface area contributed by atoms with Crippen LogP contribution in [0.15, 0.2) is 60.7 Å². The van der Waals surface area contributed by atoms with E-state index in [9.17, 15) is 5.26 Å². The Labute approximate surface area is 185 Å². The van der Waals surface area contributed by atoms with Crippen molar-refractivity contribution in [2.24, 2.45) is 0 Å². The Morgan fingerprint density at radius 1 is 0.935 bits per heavy atom. The average Bonchev–Trinajstić information content (AvgIpc) is 2.82. The molecule has 4 rings (SSSR count). The van der Waals surface area contributed by atoms with Gasteiger partial charge in [0.15, 0.2) is 5.82 Å². The molecule has 0 amide bonds. The molecule has 0 aliphatic rings. The van der Waals surface area contributed by atoms with Crippen molar-refractivity contribution >= 4 is 28.2 Å². The number of halogens is 1. The van der Waals surface area contributed by atoms with Gasteiger partial charge in [-0.25, -0.2) is 0 Å². The first-order valence-corrected chi connectivity index (χ1v) is 9.92. The first-order valence-electron chi connectivity index (χ1n) is 9.54. The van der Waals surface area contributed by atoms with Gasteiger partial charge < -0.3 is 14.8 Å². The number of anilines is 1. The maximum atomic E-state index is 9.37. The smallest absolute Gasteiger partial charge is 0.156 e. The van der Waals surface area contributed by atoms with E-state index in [4.69, 9.17) is 21.1 Å². The van der Waals surface area contributed by atoms with Crippen LogP contribution in [0.4, 0.5) is 5.82 Å². The van der Waals surface area contributed by atoms with Crippen molar-refractivity contribution in [3.8, 4) is 28.8 Å². The second-order valence-corrected chi connectivity index (χ2v) is 7.23. The van der Waals surface area contributed by atoms with Crippen molar-refractivity contribution in [3.63, 3.8) is 0 Å². The second kappa shape index (κ2) is 8.90. The molecule has 3 aromatic carbocycles. The van der Waals surface area contributed by atoms with E-state index in [1.807, 2.05) is 54.6 Å². The molecule has 7 heteroatoms. The predicted octanol–water partition coefficient (Wildman–Crippen LogP) is 5.45. The summed E-state index contributed by atoms with van der Waals surface area (Å²) in [7, 11) is 3.21. The molecule has 4 aromatic rings. The van der Waals surface area contributed by atoms with Gasteiger partial charge in [-0.05, 0) is 54.1 Å². The topological polar surface area (TPSA) is 80.1 Å². The third-order valence-electron chi connectivity index (χ3n) is 4.95. The van der Waals surface area contributed by atoms with Gasteiger partial charge in [0.05, 0.1) is 30.9 Å². The lowest BCUT2D eigenvalue weighted by atomic mass is 10.0. The number of rotatable bonds is 6. The largest absolute Gasteiger partial charge is 0.497 e. The van der Waals surface area contributed by atoms with Crippen molar-refractivity contribution in [2.45, 2.75) is 6.54 Å². The fourth-order valence-electron chi connectivity index (χ4n) is 3.32. The summed E-state index contributed by atoms with van der Waals surface area (Å²) >= 11 is 6.23. The Bertz CT molecular complexity index is 1280. The molecule has 0 spiro atoms. The van der Waals surface area contributed by atoms with Gasteiger partial charge in [0, 0.05) is 22.9 Å². The van der Waals surface area contributed by atoms with Crippen molar-refractivity contribution in [3.05, 3.63) is 76.8 Å². The zero-order chi connectivity index (χ0) is 21.8. The molecule has 0 radical (unpaired) electrons. The molecular formula is C24H19ClN4O2. The van der Waals surface area contributed by atoms with Gasteiger partial charge in [0.1, 0.15) is 17.2 Å². The average molecular weight is 431 g/mol. The van der Waals surface area contributed by atoms with Crippen molar-refractivity contribution < 1.29 is 9.47 Å². The predicted molar refractivity (Wildman–Crippen MR) is 122 cm³/mol. The first kappa shape index (κ1) is 20.5. The van der Waals surface area contributed by atoms with E-state index in [-0.39, 0.29) is 0 Å². The van der Waals surface area contributed by atoms with E-state index in [2.05, 4.69) is 21.6 Å². The molecule has 0 bridgehead atoms. The number of nitrogens with zero attached hydrogens (tertiary/aromatic N) is 3. The fraction of sp³-hybridized carbons (Fsp3) is 0.125. The number of aromatic nitrogens is 2. The standard InChI is InChI=1S/C24H19ClN4O2/c1-30-18-7-5-17(6-8-18)23-19-9-3-15(13-26)11-20(19)24(29-28-23)27-14-16-4-10-22(31-2)21(25)12-16/h3-12H,14H2,1-2H3,(H,27,29). The molecule has 0 saturated carbocycles. The maximum absolute atomic E-state index is 9.37. The minimum absolute atomic E-state index is 0.492. The quantitative estimate of drug-likeness (QED) is 0.438. The number of fused-ring (bicyclic) bond motifs is 1. The Kier molecular flexibility index (Phi) is 5.87. The number of benzene rings is 3. The molecule has 1 aromatic heterocycles. The van der Waals surface area contributed by atoms with Crippen LogP contribution in [0, 0.1) is 11.3 Å². The summed E-state index contributed by atoms with van der Waals surface area (Å²) < 4.78 is 10.4. The molecule has 0 aliphatic carbocycles. The fourth-order valence-corrected chi connectivity index (χ4v) is 3.60. The van der Waals surface area contributed by atoms with E-state index in [1.54, 1.807) is 20.3 Å². The number of ether oxygens (including phenoxy) is 2. The normalized spacial score (nSPS) is 10.5. The summed E-state index contributed by atoms with van der Waals surface area (Å²) in [4.78, 5) is 0. The third kappa shape index (κ3) is 4.23. The summed E-state index contributed by atoms with van der Waals surface area (Å²) in [5.41, 5.74) is 3.17. The lowest BCUT2D eigenvalue weighted by Gasteiger charge is -2.12. The SMILES string of the molecule is COc1ccc(-c2nnc(NCc3ccc(OC)c(Cl)c3)c3cc(C#N)ccc23)cc1. The van der Waals surface area contributed by atoms with E-state index in [1.165, 1.54) is 0 Å². The Morgan fingerprint density at radius 2 is 1.74 bits per heavy atom. The van der Waals surface area contributed by atoms with Gasteiger partial charge in [-0.15, -0.1) is 10.2 Å². The lowest BCUT2D eigenvalue weighted by molar-refractivity contribution is 0.415. The molecule has 1 N–H and O–H groups in total. The van der Waals surface area contributed by atoms with Gasteiger partial charge in [0.2, 0.25) is 0 Å². The Hall–Kier alpha value is -3.82. The minimum Gasteiger partial charge on any atom is -0.497 e. The van der Waals surface area contributed by atoms with Crippen LogP contribution in [0.3, 0.4) is 0 Å². The molecule has 154 valence electrons. The van der Waals surface area contributed by atoms with E-state index < -0.39 is 0 Å². The highest BCUT2D eigenvalue weighted by molar-refractivity contribution is 6.32. The van der Waals surface area contributed by atoms with E-state index in [0.29, 0.717) is 28.7 Å². The van der Waals surface area contributed by atoms with Gasteiger partial charge in [-0.2, -0.15) is 5.26 Å². The van der Waals surface area contributed by atoms with Crippen molar-refractivity contribution in [1.82, 2.24) is 10.2 Å². The molecule has 0 unspecified atom stereocenters. The van der Waals surface area contributed by atoms with Gasteiger partial charge in [-0.3, -0.25) is 0 Å². The molecule has 0 atom stereocenters. The third-order valence-corrected chi connectivity index (χ3v) is 5.24. The number of nitrogens with one attached hydrogen (secondary N) is 1. The molecule has 6 nitrogen and oxygen atoms in total. The van der Waals surface area contributed by atoms with Crippen LogP contribution in [0.25, 0.3) is 22.0 Å². The van der Waals surface area contributed by atoms with Crippen LogP contribution in [-0.4, -0.2) is 24.4 Å². The molecule has 1 heterocycles. The minimum atomic E-state index is 0.492. The van der Waals surface area contributed by atoms with Gasteiger partial charge in [0.25, 0.3) is 0 Å². The van der Waals surface area contributed by atoms with E-state index in [0.717, 1.165) is 33.3 Å². The highest BCUT2D eigenvalue weighted by Gasteiger charge is 2.13. The molecule has 0 fully saturated rings. The second-order valence-electron chi connectivity index (χ2n) is 6.82. The highest BCUT2D eigenvalue weighted by atomic mass is 35.5. The Balaban J connectivity index is 1.72. The molecular weight excluding hydrogens is 412 g/mol. The zero-order valence-corrected chi connectivity index (χ0v) is 17.8. The summed E-state index contributed by atoms with van der Waals surface area (Å²) in [5, 5.41) is 23.8. The van der Waals surface area contributed by atoms with Crippen LogP contribution in [0.2, 0.25) is 5.02 Å². The summed E-state index contributed by atoms with van der Waals surface area (Å²) in [6.45, 7) is 0.492. The first-order chi connectivity index (χ1) is 15.1. The van der Waals surface area contributed by atoms with Crippen LogP contribution in [0.1, 0.15) is 11.1 Å². The number of nitriles is 1. The van der Waals surface area contributed by atoms with Crippen molar-refractivity contribution in [1.29, 1.82) is 5.26 Å². The van der Waals surface area contributed by atoms with Crippen molar-refractivity contribution in [2.75, 3.05) is 19.5 Å². The monoisotopic (exact) mass is 430 g/mol. The number of hydrogen-bond donors (Lipinski definition) is 1. The van der Waals surface area contributed by atoms with Crippen LogP contribution in [-0.2, 0) is 6.54 Å².